The summed E-state index contributed by atoms with van der Waals surface area (Å²) in [6.07, 6.45) is 2.51. The molecule has 0 bridgehead atoms. The van der Waals surface area contributed by atoms with E-state index in [9.17, 15) is 0 Å². The van der Waals surface area contributed by atoms with Gasteiger partial charge in [-0.3, -0.25) is 4.90 Å². The van der Waals surface area contributed by atoms with Crippen LogP contribution in [0.1, 0.15) is 39.2 Å². The first-order valence-electron chi connectivity index (χ1n) is 6.69. The van der Waals surface area contributed by atoms with Crippen molar-refractivity contribution in [2.75, 3.05) is 13.6 Å². The summed E-state index contributed by atoms with van der Waals surface area (Å²) in [6, 6.07) is 3.39. The van der Waals surface area contributed by atoms with Gasteiger partial charge in [-0.2, -0.15) is 0 Å². The van der Waals surface area contributed by atoms with E-state index < -0.39 is 0 Å². The predicted molar refractivity (Wildman–Crippen MR) is 85.3 cm³/mol. The Morgan fingerprint density at radius 1 is 1.44 bits per heavy atom. The normalized spacial score (nSPS) is 15.0. The van der Waals surface area contributed by atoms with Crippen LogP contribution in [0.4, 0.5) is 0 Å². The molecule has 1 N–H and O–H groups in total. The van der Waals surface area contributed by atoms with Crippen LogP contribution < -0.4 is 5.32 Å². The fourth-order valence-corrected chi connectivity index (χ4v) is 3.14. The van der Waals surface area contributed by atoms with E-state index in [4.69, 9.17) is 0 Å². The Balaban J connectivity index is 2.30. The van der Waals surface area contributed by atoms with Gasteiger partial charge in [0.1, 0.15) is 0 Å². The summed E-state index contributed by atoms with van der Waals surface area (Å²) >= 11 is 5.27. The first kappa shape index (κ1) is 16.2. The molecule has 1 rings (SSSR count). The SMILES string of the molecule is CCCC(C)NCC(C)N(C)Cc1csc(Br)c1. The van der Waals surface area contributed by atoms with E-state index in [0.717, 1.165) is 13.1 Å². The monoisotopic (exact) mass is 332 g/mol. The highest BCUT2D eigenvalue weighted by Gasteiger charge is 2.11. The zero-order valence-electron chi connectivity index (χ0n) is 11.9. The lowest BCUT2D eigenvalue weighted by molar-refractivity contribution is 0.237. The van der Waals surface area contributed by atoms with Gasteiger partial charge in [0.15, 0.2) is 0 Å². The Kier molecular flexibility index (Phi) is 7.46. The molecule has 18 heavy (non-hydrogen) atoms. The van der Waals surface area contributed by atoms with Crippen molar-refractivity contribution < 1.29 is 0 Å². The van der Waals surface area contributed by atoms with E-state index in [2.05, 4.69) is 65.4 Å². The molecule has 0 spiro atoms. The molecule has 1 aromatic heterocycles. The maximum atomic E-state index is 3.61. The number of nitrogens with zero attached hydrogens (tertiary/aromatic N) is 1. The Labute approximate surface area is 124 Å². The molecule has 0 radical (unpaired) electrons. The highest BCUT2D eigenvalue weighted by molar-refractivity contribution is 9.11. The third-order valence-electron chi connectivity index (χ3n) is 3.29. The molecule has 4 heteroatoms. The van der Waals surface area contributed by atoms with Crippen LogP contribution in [-0.4, -0.2) is 30.6 Å². The van der Waals surface area contributed by atoms with Crippen molar-refractivity contribution in [1.29, 1.82) is 0 Å². The average molecular weight is 333 g/mol. The Hall–Kier alpha value is 0.100. The van der Waals surface area contributed by atoms with Crippen LogP contribution in [0.25, 0.3) is 0 Å². The number of rotatable bonds is 8. The molecule has 2 unspecified atom stereocenters. The first-order chi connectivity index (χ1) is 8.52. The van der Waals surface area contributed by atoms with Gasteiger partial charge in [-0.25, -0.2) is 0 Å². The zero-order chi connectivity index (χ0) is 13.5. The molecule has 0 saturated heterocycles. The van der Waals surface area contributed by atoms with Crippen molar-refractivity contribution in [3.8, 4) is 0 Å². The van der Waals surface area contributed by atoms with Crippen molar-refractivity contribution in [3.63, 3.8) is 0 Å². The molecule has 104 valence electrons. The van der Waals surface area contributed by atoms with Gasteiger partial charge < -0.3 is 5.32 Å². The van der Waals surface area contributed by atoms with E-state index in [1.165, 1.54) is 22.2 Å². The molecule has 0 saturated carbocycles. The second-order valence-corrected chi connectivity index (χ2v) is 7.41. The average Bonchev–Trinajstić information content (AvgIpc) is 2.72. The summed E-state index contributed by atoms with van der Waals surface area (Å²) in [4.78, 5) is 2.40. The molecule has 0 aliphatic rings. The smallest absolute Gasteiger partial charge is 0.0701 e. The maximum absolute atomic E-state index is 3.61. The largest absolute Gasteiger partial charge is 0.313 e. The number of halogens is 1. The van der Waals surface area contributed by atoms with E-state index >= 15 is 0 Å². The molecule has 0 aliphatic heterocycles. The number of hydrogen-bond acceptors (Lipinski definition) is 3. The van der Waals surface area contributed by atoms with E-state index in [1.807, 2.05) is 0 Å². The Bertz CT molecular complexity index is 340. The molecule has 1 heterocycles. The quantitative estimate of drug-likeness (QED) is 0.770. The zero-order valence-corrected chi connectivity index (χ0v) is 14.3. The number of hydrogen-bond donors (Lipinski definition) is 1. The van der Waals surface area contributed by atoms with Crippen molar-refractivity contribution in [2.45, 2.75) is 52.2 Å². The summed E-state index contributed by atoms with van der Waals surface area (Å²) in [5.41, 5.74) is 1.39. The third kappa shape index (κ3) is 5.83. The highest BCUT2D eigenvalue weighted by Crippen LogP contribution is 2.21. The van der Waals surface area contributed by atoms with Gasteiger partial charge in [-0.15, -0.1) is 11.3 Å². The van der Waals surface area contributed by atoms with Gasteiger partial charge in [-0.05, 0) is 60.3 Å². The molecule has 2 atom stereocenters. The van der Waals surface area contributed by atoms with Crippen molar-refractivity contribution in [1.82, 2.24) is 10.2 Å². The van der Waals surface area contributed by atoms with E-state index in [1.54, 1.807) is 11.3 Å². The molecular formula is C14H25BrN2S. The first-order valence-corrected chi connectivity index (χ1v) is 8.36. The lowest BCUT2D eigenvalue weighted by Crippen LogP contribution is -2.40. The predicted octanol–water partition coefficient (Wildman–Crippen LogP) is 4.11. The standard InChI is InChI=1S/C14H25BrN2S/c1-5-6-11(2)16-8-12(3)17(4)9-13-7-14(15)18-10-13/h7,10-12,16H,5-6,8-9H2,1-4H3. The van der Waals surface area contributed by atoms with Gasteiger partial charge in [-0.1, -0.05) is 13.3 Å². The lowest BCUT2D eigenvalue weighted by Gasteiger charge is -2.26. The molecule has 0 aliphatic carbocycles. The summed E-state index contributed by atoms with van der Waals surface area (Å²) in [7, 11) is 2.20. The second-order valence-electron chi connectivity index (χ2n) is 5.12. The number of nitrogens with one attached hydrogen (secondary N) is 1. The van der Waals surface area contributed by atoms with Gasteiger partial charge in [0.25, 0.3) is 0 Å². The van der Waals surface area contributed by atoms with Crippen LogP contribution in [0, 0.1) is 0 Å². The van der Waals surface area contributed by atoms with Crippen LogP contribution in [0.2, 0.25) is 0 Å². The van der Waals surface area contributed by atoms with Crippen LogP contribution >= 0.6 is 27.3 Å². The third-order valence-corrected chi connectivity index (χ3v) is 4.84. The summed E-state index contributed by atoms with van der Waals surface area (Å²) in [5, 5.41) is 5.83. The Morgan fingerprint density at radius 3 is 2.72 bits per heavy atom. The van der Waals surface area contributed by atoms with Gasteiger partial charge in [0.2, 0.25) is 0 Å². The van der Waals surface area contributed by atoms with Crippen LogP contribution in [-0.2, 0) is 6.54 Å². The molecule has 2 nitrogen and oxygen atoms in total. The maximum Gasteiger partial charge on any atom is 0.0701 e. The van der Waals surface area contributed by atoms with Crippen LogP contribution in [0.3, 0.4) is 0 Å². The summed E-state index contributed by atoms with van der Waals surface area (Å²) in [6.45, 7) is 8.87. The minimum Gasteiger partial charge on any atom is -0.313 e. The van der Waals surface area contributed by atoms with Crippen LogP contribution in [0.5, 0.6) is 0 Å². The van der Waals surface area contributed by atoms with E-state index in [-0.39, 0.29) is 0 Å². The highest BCUT2D eigenvalue weighted by atomic mass is 79.9. The van der Waals surface area contributed by atoms with E-state index in [0.29, 0.717) is 12.1 Å². The van der Waals surface area contributed by atoms with Crippen LogP contribution in [0.15, 0.2) is 15.2 Å². The molecule has 0 fully saturated rings. The van der Waals surface area contributed by atoms with Gasteiger partial charge in [0.05, 0.1) is 3.79 Å². The lowest BCUT2D eigenvalue weighted by atomic mass is 10.2. The minimum atomic E-state index is 0.558. The topological polar surface area (TPSA) is 15.3 Å². The van der Waals surface area contributed by atoms with Crippen molar-refractivity contribution >= 4 is 27.3 Å². The van der Waals surface area contributed by atoms with Crippen molar-refractivity contribution in [2.24, 2.45) is 0 Å². The van der Waals surface area contributed by atoms with Gasteiger partial charge in [0, 0.05) is 25.2 Å². The Morgan fingerprint density at radius 2 is 2.17 bits per heavy atom. The minimum absolute atomic E-state index is 0.558. The summed E-state index contributed by atoms with van der Waals surface area (Å²) < 4.78 is 1.22. The molecule has 0 amide bonds. The molecular weight excluding hydrogens is 308 g/mol. The fraction of sp³-hybridized carbons (Fsp3) is 0.714. The number of likely N-dealkylation sites (N-methyl/N-ethyl adjacent to an activating group) is 1. The van der Waals surface area contributed by atoms with Crippen molar-refractivity contribution in [3.05, 3.63) is 20.8 Å². The van der Waals surface area contributed by atoms with Gasteiger partial charge >= 0.3 is 0 Å². The fourth-order valence-electron chi connectivity index (χ4n) is 1.94. The molecule has 0 aromatic carbocycles. The second kappa shape index (κ2) is 8.31. The summed E-state index contributed by atoms with van der Waals surface area (Å²) in [5.74, 6) is 0. The molecule has 1 aromatic rings. The number of thiophene rings is 1.